The number of nitrogens with zero attached hydrogens (tertiary/aromatic N) is 1. The van der Waals surface area contributed by atoms with Crippen LogP contribution in [0.4, 0.5) is 4.79 Å². The average molecular weight is 159 g/mol. The van der Waals surface area contributed by atoms with Gasteiger partial charge in [-0.05, 0) is 12.8 Å². The summed E-state index contributed by atoms with van der Waals surface area (Å²) in [7, 11) is 0. The molecule has 0 radical (unpaired) electrons. The van der Waals surface area contributed by atoms with Crippen molar-refractivity contribution in [1.29, 1.82) is 0 Å². The molecule has 0 rings (SSSR count). The highest BCUT2D eigenvalue weighted by Crippen LogP contribution is 1.97. The summed E-state index contributed by atoms with van der Waals surface area (Å²) >= 11 is 0. The van der Waals surface area contributed by atoms with Crippen LogP contribution in [0.15, 0.2) is 0 Å². The van der Waals surface area contributed by atoms with Crippen molar-refractivity contribution >= 4 is 6.03 Å². The van der Waals surface area contributed by atoms with Crippen LogP contribution in [0.1, 0.15) is 20.8 Å². The Balaban J connectivity index is 3.84. The fourth-order valence-electron chi connectivity index (χ4n) is 0.888. The van der Waals surface area contributed by atoms with Crippen molar-refractivity contribution in [2.45, 2.75) is 20.8 Å². The van der Waals surface area contributed by atoms with Crippen LogP contribution in [-0.4, -0.2) is 24.0 Å². The van der Waals surface area contributed by atoms with E-state index in [1.807, 2.05) is 6.92 Å². The Hall–Kier alpha value is -0.770. The SMILES string of the molecule is CCN(CC(C)C)C(=O)NN. The predicted octanol–water partition coefficient (Wildman–Crippen LogP) is 0.548. The van der Waals surface area contributed by atoms with Gasteiger partial charge >= 0.3 is 6.03 Å². The third-order valence-electron chi connectivity index (χ3n) is 1.38. The normalized spacial score (nSPS) is 9.91. The van der Waals surface area contributed by atoms with Gasteiger partial charge in [0, 0.05) is 13.1 Å². The lowest BCUT2D eigenvalue weighted by Gasteiger charge is -2.21. The fourth-order valence-corrected chi connectivity index (χ4v) is 0.888. The number of nitrogens with one attached hydrogen (secondary N) is 1. The van der Waals surface area contributed by atoms with Gasteiger partial charge < -0.3 is 4.90 Å². The number of rotatable bonds is 3. The molecule has 0 heterocycles. The number of amides is 2. The zero-order valence-corrected chi connectivity index (χ0v) is 7.42. The van der Waals surface area contributed by atoms with E-state index in [2.05, 4.69) is 19.3 Å². The highest BCUT2D eigenvalue weighted by Gasteiger charge is 2.10. The molecule has 0 spiro atoms. The minimum absolute atomic E-state index is 0.207. The number of carbonyl (C=O) groups is 1. The van der Waals surface area contributed by atoms with Gasteiger partial charge in [-0.1, -0.05) is 13.8 Å². The van der Waals surface area contributed by atoms with Crippen LogP contribution in [0.3, 0.4) is 0 Å². The van der Waals surface area contributed by atoms with Gasteiger partial charge in [0.2, 0.25) is 0 Å². The molecule has 0 aromatic rings. The first-order chi connectivity index (χ1) is 5.11. The number of hydrazine groups is 1. The van der Waals surface area contributed by atoms with Crippen LogP contribution in [0.25, 0.3) is 0 Å². The summed E-state index contributed by atoms with van der Waals surface area (Å²) < 4.78 is 0. The first kappa shape index (κ1) is 10.2. The maximum Gasteiger partial charge on any atom is 0.331 e. The minimum atomic E-state index is -0.207. The third-order valence-corrected chi connectivity index (χ3v) is 1.38. The summed E-state index contributed by atoms with van der Waals surface area (Å²) in [5.74, 6) is 5.46. The summed E-state index contributed by atoms with van der Waals surface area (Å²) in [6.07, 6.45) is 0. The number of urea groups is 1. The zero-order chi connectivity index (χ0) is 8.85. The lowest BCUT2D eigenvalue weighted by molar-refractivity contribution is 0.194. The maximum absolute atomic E-state index is 11.0. The molecular weight excluding hydrogens is 142 g/mol. The Morgan fingerprint density at radius 1 is 1.64 bits per heavy atom. The molecule has 0 bridgehead atoms. The largest absolute Gasteiger partial charge is 0.331 e. The molecule has 0 unspecified atom stereocenters. The first-order valence-corrected chi connectivity index (χ1v) is 3.87. The summed E-state index contributed by atoms with van der Waals surface area (Å²) in [5.41, 5.74) is 2.11. The summed E-state index contributed by atoms with van der Waals surface area (Å²) in [5, 5.41) is 0. The molecule has 3 N–H and O–H groups in total. The maximum atomic E-state index is 11.0. The molecular formula is C7H17N3O. The fraction of sp³-hybridized carbons (Fsp3) is 0.857. The smallest absolute Gasteiger partial charge is 0.324 e. The van der Waals surface area contributed by atoms with Gasteiger partial charge in [0.25, 0.3) is 0 Å². The molecule has 4 nitrogen and oxygen atoms in total. The zero-order valence-electron chi connectivity index (χ0n) is 7.42. The summed E-state index contributed by atoms with van der Waals surface area (Å²) in [6, 6.07) is -0.207. The van der Waals surface area contributed by atoms with E-state index in [0.29, 0.717) is 12.5 Å². The standard InChI is InChI=1S/C7H17N3O/c1-4-10(5-6(2)3)7(11)9-8/h6H,4-5,8H2,1-3H3,(H,9,11). The molecule has 0 aromatic carbocycles. The summed E-state index contributed by atoms with van der Waals surface area (Å²) in [4.78, 5) is 12.6. The summed E-state index contributed by atoms with van der Waals surface area (Å²) in [6.45, 7) is 7.50. The quantitative estimate of drug-likeness (QED) is 0.359. The van der Waals surface area contributed by atoms with E-state index < -0.39 is 0 Å². The van der Waals surface area contributed by atoms with Crippen molar-refractivity contribution in [1.82, 2.24) is 10.3 Å². The van der Waals surface area contributed by atoms with Crippen LogP contribution in [0, 0.1) is 5.92 Å². The van der Waals surface area contributed by atoms with Gasteiger partial charge in [0.1, 0.15) is 0 Å². The van der Waals surface area contributed by atoms with Crippen molar-refractivity contribution in [2.24, 2.45) is 11.8 Å². The van der Waals surface area contributed by atoms with E-state index in [4.69, 9.17) is 5.84 Å². The molecule has 11 heavy (non-hydrogen) atoms. The molecule has 0 aliphatic carbocycles. The van der Waals surface area contributed by atoms with Crippen LogP contribution < -0.4 is 11.3 Å². The Morgan fingerprint density at radius 3 is 2.45 bits per heavy atom. The molecule has 0 aromatic heterocycles. The molecule has 0 aliphatic heterocycles. The molecule has 66 valence electrons. The van der Waals surface area contributed by atoms with Gasteiger partial charge in [-0.2, -0.15) is 0 Å². The number of nitrogens with two attached hydrogens (primary N) is 1. The second kappa shape index (κ2) is 4.96. The van der Waals surface area contributed by atoms with Crippen LogP contribution >= 0.6 is 0 Å². The van der Waals surface area contributed by atoms with Crippen molar-refractivity contribution in [3.05, 3.63) is 0 Å². The van der Waals surface area contributed by atoms with E-state index in [9.17, 15) is 4.79 Å². The third kappa shape index (κ3) is 3.83. The Labute approximate surface area is 67.7 Å². The molecule has 0 fully saturated rings. The van der Waals surface area contributed by atoms with E-state index in [1.54, 1.807) is 4.90 Å². The highest BCUT2D eigenvalue weighted by molar-refractivity contribution is 5.73. The van der Waals surface area contributed by atoms with E-state index in [0.717, 1.165) is 6.54 Å². The van der Waals surface area contributed by atoms with Gasteiger partial charge in [-0.15, -0.1) is 0 Å². The van der Waals surface area contributed by atoms with Crippen molar-refractivity contribution in [3.8, 4) is 0 Å². The van der Waals surface area contributed by atoms with Crippen LogP contribution in [0.5, 0.6) is 0 Å². The molecule has 2 amide bonds. The van der Waals surface area contributed by atoms with E-state index >= 15 is 0 Å². The van der Waals surface area contributed by atoms with Crippen molar-refractivity contribution in [2.75, 3.05) is 13.1 Å². The molecule has 0 saturated carbocycles. The lowest BCUT2D eigenvalue weighted by atomic mass is 10.2. The molecule has 0 atom stereocenters. The van der Waals surface area contributed by atoms with E-state index in [-0.39, 0.29) is 6.03 Å². The van der Waals surface area contributed by atoms with Gasteiger partial charge in [-0.25, -0.2) is 10.6 Å². The predicted molar refractivity (Wildman–Crippen MR) is 44.8 cm³/mol. The van der Waals surface area contributed by atoms with Crippen molar-refractivity contribution in [3.63, 3.8) is 0 Å². The van der Waals surface area contributed by atoms with Crippen LogP contribution in [-0.2, 0) is 0 Å². The van der Waals surface area contributed by atoms with Crippen molar-refractivity contribution < 1.29 is 4.79 Å². The number of hydrogen-bond donors (Lipinski definition) is 2. The monoisotopic (exact) mass is 159 g/mol. The number of carbonyl (C=O) groups excluding carboxylic acids is 1. The van der Waals surface area contributed by atoms with Crippen LogP contribution in [0.2, 0.25) is 0 Å². The van der Waals surface area contributed by atoms with Gasteiger partial charge in [0.05, 0.1) is 0 Å². The Bertz CT molecular complexity index is 125. The first-order valence-electron chi connectivity index (χ1n) is 3.87. The van der Waals surface area contributed by atoms with Gasteiger partial charge in [-0.3, -0.25) is 5.43 Å². The minimum Gasteiger partial charge on any atom is -0.324 e. The van der Waals surface area contributed by atoms with E-state index in [1.165, 1.54) is 0 Å². The second-order valence-electron chi connectivity index (χ2n) is 2.88. The second-order valence-corrected chi connectivity index (χ2v) is 2.88. The topological polar surface area (TPSA) is 58.4 Å². The molecule has 0 saturated heterocycles. The lowest BCUT2D eigenvalue weighted by Crippen LogP contribution is -2.44. The molecule has 4 heteroatoms. The Morgan fingerprint density at radius 2 is 2.18 bits per heavy atom. The molecule has 0 aliphatic rings. The number of hydrogen-bond acceptors (Lipinski definition) is 2. The highest BCUT2D eigenvalue weighted by atomic mass is 16.2. The average Bonchev–Trinajstić information content (AvgIpc) is 1.98. The Kier molecular flexibility index (Phi) is 4.61. The van der Waals surface area contributed by atoms with Gasteiger partial charge in [0.15, 0.2) is 0 Å².